The Labute approximate surface area is 115 Å². The van der Waals surface area contributed by atoms with E-state index in [1.165, 1.54) is 4.90 Å². The quantitative estimate of drug-likeness (QED) is 0.712. The van der Waals surface area contributed by atoms with E-state index in [0.29, 0.717) is 26.1 Å². The van der Waals surface area contributed by atoms with Crippen LogP contribution < -0.4 is 15.8 Å². The molecule has 9 nitrogen and oxygen atoms in total. The summed E-state index contributed by atoms with van der Waals surface area (Å²) in [6, 6.07) is -0.314. The highest BCUT2D eigenvalue weighted by Crippen LogP contribution is 2.18. The van der Waals surface area contributed by atoms with Crippen LogP contribution in [0.3, 0.4) is 0 Å². The van der Waals surface area contributed by atoms with Crippen molar-refractivity contribution in [2.24, 2.45) is 11.7 Å². The number of anilines is 1. The number of likely N-dealkylation sites (tertiary alicyclic amines) is 1. The molecule has 1 aliphatic rings. The average molecular weight is 282 g/mol. The Morgan fingerprint density at radius 2 is 2.40 bits per heavy atom. The third-order valence-electron chi connectivity index (χ3n) is 3.08. The number of hydrogen-bond donors (Lipinski definition) is 3. The predicted octanol–water partition coefficient (Wildman–Crippen LogP) is -0.0674. The molecule has 1 fully saturated rings. The lowest BCUT2D eigenvalue weighted by molar-refractivity contribution is -0.121. The van der Waals surface area contributed by atoms with Crippen LogP contribution in [0.15, 0.2) is 0 Å². The van der Waals surface area contributed by atoms with Crippen molar-refractivity contribution < 1.29 is 14.3 Å². The van der Waals surface area contributed by atoms with Crippen molar-refractivity contribution in [1.82, 2.24) is 20.1 Å². The van der Waals surface area contributed by atoms with Gasteiger partial charge >= 0.3 is 12.0 Å². The first-order chi connectivity index (χ1) is 9.60. The highest BCUT2D eigenvalue weighted by Gasteiger charge is 2.28. The number of ether oxygens (including phenoxy) is 1. The molecule has 1 aliphatic heterocycles. The number of piperidine rings is 1. The molecule has 0 spiro atoms. The molecule has 110 valence electrons. The van der Waals surface area contributed by atoms with Crippen LogP contribution in [0, 0.1) is 5.92 Å². The van der Waals surface area contributed by atoms with Crippen LogP contribution in [-0.4, -0.2) is 51.7 Å². The number of aromatic amines is 1. The maximum Gasteiger partial charge on any atom is 0.337 e. The number of nitrogens with two attached hydrogens (primary N) is 1. The van der Waals surface area contributed by atoms with E-state index in [9.17, 15) is 9.59 Å². The smallest absolute Gasteiger partial charge is 0.337 e. The summed E-state index contributed by atoms with van der Waals surface area (Å²) in [5.74, 6) is -0.276. The van der Waals surface area contributed by atoms with Gasteiger partial charge in [0.1, 0.15) is 0 Å². The number of urea groups is 1. The van der Waals surface area contributed by atoms with Crippen molar-refractivity contribution in [3.8, 4) is 6.01 Å². The molecule has 0 aliphatic carbocycles. The zero-order chi connectivity index (χ0) is 14.5. The van der Waals surface area contributed by atoms with Crippen molar-refractivity contribution >= 4 is 17.9 Å². The molecule has 1 unspecified atom stereocenters. The van der Waals surface area contributed by atoms with Crippen LogP contribution in [0.4, 0.5) is 10.7 Å². The van der Waals surface area contributed by atoms with Gasteiger partial charge in [0, 0.05) is 13.1 Å². The predicted molar refractivity (Wildman–Crippen MR) is 70.1 cm³/mol. The lowest BCUT2D eigenvalue weighted by atomic mass is 9.97. The van der Waals surface area contributed by atoms with Gasteiger partial charge in [0.05, 0.1) is 12.5 Å². The summed E-state index contributed by atoms with van der Waals surface area (Å²) in [5.41, 5.74) is 5.23. The molecular formula is C11H18N6O3. The lowest BCUT2D eigenvalue weighted by Crippen LogP contribution is -2.46. The van der Waals surface area contributed by atoms with Crippen LogP contribution in [0.5, 0.6) is 6.01 Å². The van der Waals surface area contributed by atoms with E-state index >= 15 is 0 Å². The number of carbonyl (C=O) groups is 2. The van der Waals surface area contributed by atoms with Crippen LogP contribution in [0.2, 0.25) is 0 Å². The Morgan fingerprint density at radius 1 is 1.60 bits per heavy atom. The first-order valence-electron chi connectivity index (χ1n) is 6.50. The molecule has 1 aromatic rings. The Bertz CT molecular complexity index is 488. The number of H-pyrrole nitrogens is 1. The van der Waals surface area contributed by atoms with E-state index < -0.39 is 6.03 Å². The topological polar surface area (TPSA) is 126 Å². The van der Waals surface area contributed by atoms with Gasteiger partial charge in [-0.05, 0) is 19.8 Å². The summed E-state index contributed by atoms with van der Waals surface area (Å²) in [4.78, 5) is 28.6. The highest BCUT2D eigenvalue weighted by atomic mass is 16.5. The maximum atomic E-state index is 12.1. The third-order valence-corrected chi connectivity index (χ3v) is 3.08. The fourth-order valence-corrected chi connectivity index (χ4v) is 2.11. The molecule has 2 heterocycles. The molecule has 2 rings (SSSR count). The first kappa shape index (κ1) is 14.1. The number of aromatic nitrogens is 3. The third kappa shape index (κ3) is 3.37. The minimum Gasteiger partial charge on any atom is -0.463 e. The second kappa shape index (κ2) is 6.22. The Balaban J connectivity index is 1.91. The summed E-state index contributed by atoms with van der Waals surface area (Å²) in [5, 5.41) is 8.98. The van der Waals surface area contributed by atoms with Crippen LogP contribution in [-0.2, 0) is 4.79 Å². The van der Waals surface area contributed by atoms with Gasteiger partial charge in [-0.3, -0.25) is 10.1 Å². The van der Waals surface area contributed by atoms with Gasteiger partial charge in [-0.15, -0.1) is 5.10 Å². The first-order valence-corrected chi connectivity index (χ1v) is 6.50. The van der Waals surface area contributed by atoms with Crippen molar-refractivity contribution in [3.05, 3.63) is 0 Å². The number of carbonyl (C=O) groups excluding carboxylic acids is 2. The maximum absolute atomic E-state index is 12.1. The number of primary amides is 1. The molecule has 1 atom stereocenters. The second-order valence-corrected chi connectivity index (χ2v) is 4.51. The van der Waals surface area contributed by atoms with E-state index in [1.807, 2.05) is 6.92 Å². The zero-order valence-corrected chi connectivity index (χ0v) is 11.3. The van der Waals surface area contributed by atoms with Crippen molar-refractivity contribution in [2.45, 2.75) is 19.8 Å². The average Bonchev–Trinajstić information content (AvgIpc) is 2.86. The highest BCUT2D eigenvalue weighted by molar-refractivity contribution is 5.91. The Kier molecular flexibility index (Phi) is 4.38. The normalized spacial score (nSPS) is 18.6. The molecule has 1 saturated heterocycles. The van der Waals surface area contributed by atoms with Gasteiger partial charge in [0.25, 0.3) is 0 Å². The van der Waals surface area contributed by atoms with Crippen molar-refractivity contribution in [2.75, 3.05) is 25.0 Å². The molecule has 0 aromatic carbocycles. The fourth-order valence-electron chi connectivity index (χ4n) is 2.11. The molecule has 0 radical (unpaired) electrons. The molecular weight excluding hydrogens is 264 g/mol. The minimum absolute atomic E-state index is 0.185. The molecule has 20 heavy (non-hydrogen) atoms. The summed E-state index contributed by atoms with van der Waals surface area (Å²) in [6.45, 7) is 3.18. The largest absolute Gasteiger partial charge is 0.463 e. The van der Waals surface area contributed by atoms with Crippen LogP contribution in [0.1, 0.15) is 19.8 Å². The summed E-state index contributed by atoms with van der Waals surface area (Å²) in [7, 11) is 0. The van der Waals surface area contributed by atoms with Gasteiger partial charge < -0.3 is 15.4 Å². The number of rotatable bonds is 4. The molecule has 0 bridgehead atoms. The molecule has 9 heteroatoms. The van der Waals surface area contributed by atoms with Crippen molar-refractivity contribution in [1.29, 1.82) is 0 Å². The SMILES string of the molecule is CCOc1n[nH]c(NC(=O)C2CCCN(C(N)=O)C2)n1. The molecule has 3 amide bonds. The molecule has 0 saturated carbocycles. The van der Waals surface area contributed by atoms with Gasteiger partial charge in [0.2, 0.25) is 11.9 Å². The van der Waals surface area contributed by atoms with E-state index in [1.54, 1.807) is 0 Å². The van der Waals surface area contributed by atoms with Crippen molar-refractivity contribution in [3.63, 3.8) is 0 Å². The van der Waals surface area contributed by atoms with Gasteiger partial charge in [0.15, 0.2) is 0 Å². The minimum atomic E-state index is -0.499. The summed E-state index contributed by atoms with van der Waals surface area (Å²) in [6.07, 6.45) is 1.46. The standard InChI is InChI=1S/C11H18N6O3/c1-2-20-11-14-10(15-16-11)13-8(18)7-4-3-5-17(6-7)9(12)19/h7H,2-6H2,1H3,(H2,12,19)(H2,13,14,15,16,18). The van der Waals surface area contributed by atoms with Crippen LogP contribution in [0.25, 0.3) is 0 Å². The van der Waals surface area contributed by atoms with E-state index in [4.69, 9.17) is 10.5 Å². The number of hydrogen-bond acceptors (Lipinski definition) is 5. The molecule has 1 aromatic heterocycles. The van der Waals surface area contributed by atoms with Crippen LogP contribution >= 0.6 is 0 Å². The van der Waals surface area contributed by atoms with E-state index in [-0.39, 0.29) is 23.8 Å². The summed E-state index contributed by atoms with van der Waals surface area (Å²) < 4.78 is 5.09. The van der Waals surface area contributed by atoms with E-state index in [2.05, 4.69) is 20.5 Å². The lowest BCUT2D eigenvalue weighted by Gasteiger charge is -2.30. The Hall–Kier alpha value is -2.32. The fraction of sp³-hybridized carbons (Fsp3) is 0.636. The summed E-state index contributed by atoms with van der Waals surface area (Å²) >= 11 is 0. The zero-order valence-electron chi connectivity index (χ0n) is 11.3. The number of nitrogens with one attached hydrogen (secondary N) is 2. The monoisotopic (exact) mass is 282 g/mol. The Morgan fingerprint density at radius 3 is 3.10 bits per heavy atom. The second-order valence-electron chi connectivity index (χ2n) is 4.51. The van der Waals surface area contributed by atoms with Gasteiger partial charge in [-0.25, -0.2) is 9.89 Å². The number of amides is 3. The number of nitrogens with zero attached hydrogens (tertiary/aromatic N) is 3. The van der Waals surface area contributed by atoms with E-state index in [0.717, 1.165) is 6.42 Å². The molecule has 4 N–H and O–H groups in total. The van der Waals surface area contributed by atoms with Gasteiger partial charge in [-0.1, -0.05) is 0 Å². The van der Waals surface area contributed by atoms with Gasteiger partial charge in [-0.2, -0.15) is 4.98 Å².